The van der Waals surface area contributed by atoms with Crippen molar-refractivity contribution in [1.29, 1.82) is 0 Å². The highest BCUT2D eigenvalue weighted by Crippen LogP contribution is 2.17. The Kier molecular flexibility index (Phi) is 5.29. The van der Waals surface area contributed by atoms with Gasteiger partial charge in [0.1, 0.15) is 12.4 Å². The third-order valence-corrected chi connectivity index (χ3v) is 3.86. The van der Waals surface area contributed by atoms with Crippen LogP contribution in [0.5, 0.6) is 5.75 Å². The molecule has 23 heavy (non-hydrogen) atoms. The quantitative estimate of drug-likeness (QED) is 0.561. The minimum atomic E-state index is 0.0388. The number of aliphatic hydroxyl groups excluding tert-OH is 1. The Balaban J connectivity index is 1.46. The van der Waals surface area contributed by atoms with Crippen LogP contribution < -0.4 is 10.1 Å². The standard InChI is InChI=1S/C19H22N2O2/c22-11-12-23-17-7-5-15(6-8-17)13-20-10-9-16-14-21-19-4-2-1-3-18(16)19/h1-8,14,20-22H,9-13H2. The van der Waals surface area contributed by atoms with Gasteiger partial charge in [0.15, 0.2) is 0 Å². The van der Waals surface area contributed by atoms with Crippen molar-refractivity contribution < 1.29 is 9.84 Å². The molecular weight excluding hydrogens is 288 g/mol. The van der Waals surface area contributed by atoms with E-state index in [9.17, 15) is 0 Å². The molecule has 0 aliphatic carbocycles. The zero-order valence-electron chi connectivity index (χ0n) is 13.1. The minimum Gasteiger partial charge on any atom is -0.491 e. The van der Waals surface area contributed by atoms with E-state index in [-0.39, 0.29) is 6.61 Å². The molecule has 0 unspecified atom stereocenters. The zero-order valence-corrected chi connectivity index (χ0v) is 13.1. The molecule has 0 saturated heterocycles. The van der Waals surface area contributed by atoms with Crippen molar-refractivity contribution in [2.75, 3.05) is 19.8 Å². The molecule has 0 aliphatic heterocycles. The zero-order chi connectivity index (χ0) is 15.9. The number of hydrogen-bond acceptors (Lipinski definition) is 3. The Morgan fingerprint density at radius 3 is 2.70 bits per heavy atom. The lowest BCUT2D eigenvalue weighted by Crippen LogP contribution is -2.16. The molecule has 3 aromatic rings. The van der Waals surface area contributed by atoms with Gasteiger partial charge in [-0.2, -0.15) is 0 Å². The maximum atomic E-state index is 8.73. The first-order chi connectivity index (χ1) is 11.4. The van der Waals surface area contributed by atoms with Gasteiger partial charge >= 0.3 is 0 Å². The van der Waals surface area contributed by atoms with Crippen LogP contribution in [0.25, 0.3) is 10.9 Å². The summed E-state index contributed by atoms with van der Waals surface area (Å²) in [6, 6.07) is 16.4. The van der Waals surface area contributed by atoms with Crippen molar-refractivity contribution in [3.63, 3.8) is 0 Å². The van der Waals surface area contributed by atoms with Crippen LogP contribution in [0.4, 0.5) is 0 Å². The number of para-hydroxylation sites is 1. The van der Waals surface area contributed by atoms with E-state index in [0.29, 0.717) is 6.61 Å². The van der Waals surface area contributed by atoms with Crippen LogP contribution in [-0.4, -0.2) is 29.8 Å². The van der Waals surface area contributed by atoms with E-state index in [1.165, 1.54) is 22.0 Å². The monoisotopic (exact) mass is 310 g/mol. The normalized spacial score (nSPS) is 11.0. The van der Waals surface area contributed by atoms with Crippen molar-refractivity contribution in [2.24, 2.45) is 0 Å². The maximum absolute atomic E-state index is 8.73. The van der Waals surface area contributed by atoms with E-state index in [1.54, 1.807) is 0 Å². The van der Waals surface area contributed by atoms with E-state index >= 15 is 0 Å². The van der Waals surface area contributed by atoms with Crippen molar-refractivity contribution in [1.82, 2.24) is 10.3 Å². The van der Waals surface area contributed by atoms with E-state index in [0.717, 1.165) is 25.3 Å². The molecule has 0 bridgehead atoms. The fourth-order valence-corrected chi connectivity index (χ4v) is 2.66. The first-order valence-corrected chi connectivity index (χ1v) is 7.95. The number of hydrogen-bond donors (Lipinski definition) is 3. The largest absolute Gasteiger partial charge is 0.491 e. The van der Waals surface area contributed by atoms with Gasteiger partial charge in [-0.25, -0.2) is 0 Å². The lowest BCUT2D eigenvalue weighted by molar-refractivity contribution is 0.201. The lowest BCUT2D eigenvalue weighted by Gasteiger charge is -2.07. The first-order valence-electron chi connectivity index (χ1n) is 7.95. The van der Waals surface area contributed by atoms with Gasteiger partial charge in [0.25, 0.3) is 0 Å². The van der Waals surface area contributed by atoms with Gasteiger partial charge in [-0.3, -0.25) is 0 Å². The van der Waals surface area contributed by atoms with Crippen LogP contribution in [0.2, 0.25) is 0 Å². The van der Waals surface area contributed by atoms with Crippen LogP contribution in [0.3, 0.4) is 0 Å². The van der Waals surface area contributed by atoms with Gasteiger partial charge in [-0.15, -0.1) is 0 Å². The first kappa shape index (κ1) is 15.6. The molecule has 0 fully saturated rings. The number of nitrogens with one attached hydrogen (secondary N) is 2. The SMILES string of the molecule is OCCOc1ccc(CNCCc2c[nH]c3ccccc23)cc1. The molecule has 3 rings (SSSR count). The molecule has 4 nitrogen and oxygen atoms in total. The highest BCUT2D eigenvalue weighted by molar-refractivity contribution is 5.83. The number of rotatable bonds is 8. The Morgan fingerprint density at radius 1 is 1.04 bits per heavy atom. The lowest BCUT2D eigenvalue weighted by atomic mass is 10.1. The van der Waals surface area contributed by atoms with Gasteiger partial charge in [0.2, 0.25) is 0 Å². The third-order valence-electron chi connectivity index (χ3n) is 3.86. The number of aromatic amines is 1. The number of fused-ring (bicyclic) bond motifs is 1. The maximum Gasteiger partial charge on any atom is 0.119 e. The molecule has 0 saturated carbocycles. The summed E-state index contributed by atoms with van der Waals surface area (Å²) < 4.78 is 5.35. The number of aliphatic hydroxyl groups is 1. The van der Waals surface area contributed by atoms with E-state index in [4.69, 9.17) is 9.84 Å². The Labute approximate surface area is 136 Å². The Morgan fingerprint density at radius 2 is 1.87 bits per heavy atom. The van der Waals surface area contributed by atoms with Crippen molar-refractivity contribution in [3.05, 3.63) is 65.9 Å². The summed E-state index contributed by atoms with van der Waals surface area (Å²) in [4.78, 5) is 3.31. The van der Waals surface area contributed by atoms with Crippen LogP contribution in [0, 0.1) is 0 Å². The number of H-pyrrole nitrogens is 1. The van der Waals surface area contributed by atoms with Crippen LogP contribution in [-0.2, 0) is 13.0 Å². The average Bonchev–Trinajstić information content (AvgIpc) is 3.01. The summed E-state index contributed by atoms with van der Waals surface area (Å²) in [6.45, 7) is 2.15. The fourth-order valence-electron chi connectivity index (χ4n) is 2.66. The van der Waals surface area contributed by atoms with Gasteiger partial charge < -0.3 is 20.1 Å². The second-order valence-corrected chi connectivity index (χ2v) is 5.50. The summed E-state index contributed by atoms with van der Waals surface area (Å²) in [5.41, 5.74) is 3.77. The number of aromatic nitrogens is 1. The molecule has 0 atom stereocenters. The second kappa shape index (κ2) is 7.81. The summed E-state index contributed by atoms with van der Waals surface area (Å²) in [5, 5.41) is 13.5. The van der Waals surface area contributed by atoms with Crippen molar-refractivity contribution in [2.45, 2.75) is 13.0 Å². The second-order valence-electron chi connectivity index (χ2n) is 5.50. The molecule has 1 heterocycles. The van der Waals surface area contributed by atoms with Gasteiger partial charge in [0.05, 0.1) is 6.61 Å². The van der Waals surface area contributed by atoms with Crippen LogP contribution in [0.1, 0.15) is 11.1 Å². The van der Waals surface area contributed by atoms with Crippen LogP contribution in [0.15, 0.2) is 54.7 Å². The molecule has 0 spiro atoms. The predicted molar refractivity (Wildman–Crippen MR) is 92.7 cm³/mol. The smallest absolute Gasteiger partial charge is 0.119 e. The Hall–Kier alpha value is -2.30. The highest BCUT2D eigenvalue weighted by atomic mass is 16.5. The van der Waals surface area contributed by atoms with Gasteiger partial charge in [-0.1, -0.05) is 30.3 Å². The van der Waals surface area contributed by atoms with E-state index in [2.05, 4.69) is 40.8 Å². The topological polar surface area (TPSA) is 57.3 Å². The molecule has 1 aromatic heterocycles. The molecule has 3 N–H and O–H groups in total. The summed E-state index contributed by atoms with van der Waals surface area (Å²) in [7, 11) is 0. The third kappa shape index (κ3) is 4.12. The van der Waals surface area contributed by atoms with Gasteiger partial charge in [0, 0.05) is 23.6 Å². The number of ether oxygens (including phenoxy) is 1. The van der Waals surface area contributed by atoms with Crippen molar-refractivity contribution in [3.8, 4) is 5.75 Å². The van der Waals surface area contributed by atoms with Crippen molar-refractivity contribution >= 4 is 10.9 Å². The predicted octanol–water partition coefficient (Wildman–Crippen LogP) is 2.87. The summed E-state index contributed by atoms with van der Waals surface area (Å²) in [5.74, 6) is 0.793. The van der Waals surface area contributed by atoms with Gasteiger partial charge in [-0.05, 0) is 42.3 Å². The van der Waals surface area contributed by atoms with E-state index in [1.807, 2.05) is 24.3 Å². The molecule has 0 amide bonds. The molecule has 0 aliphatic rings. The molecule has 120 valence electrons. The van der Waals surface area contributed by atoms with Crippen LogP contribution >= 0.6 is 0 Å². The molecule has 2 aromatic carbocycles. The summed E-state index contributed by atoms with van der Waals surface area (Å²) >= 11 is 0. The molecular formula is C19H22N2O2. The Bertz CT molecular complexity index is 734. The summed E-state index contributed by atoms with van der Waals surface area (Å²) in [6.07, 6.45) is 3.10. The molecule has 4 heteroatoms. The fraction of sp³-hybridized carbons (Fsp3) is 0.263. The highest BCUT2D eigenvalue weighted by Gasteiger charge is 2.02. The minimum absolute atomic E-state index is 0.0388. The molecule has 0 radical (unpaired) electrons. The average molecular weight is 310 g/mol. The van der Waals surface area contributed by atoms with E-state index < -0.39 is 0 Å². The number of benzene rings is 2.